The van der Waals surface area contributed by atoms with Crippen molar-refractivity contribution in [2.75, 3.05) is 5.32 Å². The summed E-state index contributed by atoms with van der Waals surface area (Å²) in [5, 5.41) is 13.6. The average molecular weight is 426 g/mol. The summed E-state index contributed by atoms with van der Waals surface area (Å²) in [6.45, 7) is 1.94. The van der Waals surface area contributed by atoms with Gasteiger partial charge in [-0.3, -0.25) is 0 Å². The van der Waals surface area contributed by atoms with Crippen molar-refractivity contribution < 1.29 is 5.11 Å². The Morgan fingerprint density at radius 2 is 1.61 bits per heavy atom. The molecular formula is C24H19N5OS. The number of benzene rings is 2. The number of rotatable bonds is 5. The fourth-order valence-corrected chi connectivity index (χ4v) is 4.08. The lowest BCUT2D eigenvalue weighted by Crippen LogP contribution is -1.97. The van der Waals surface area contributed by atoms with Crippen molar-refractivity contribution >= 4 is 34.4 Å². The minimum absolute atomic E-state index is 0.276. The lowest BCUT2D eigenvalue weighted by molar-refractivity contribution is 0.475. The third kappa shape index (κ3) is 4.22. The van der Waals surface area contributed by atoms with E-state index in [4.69, 9.17) is 0 Å². The van der Waals surface area contributed by atoms with Crippen molar-refractivity contribution in [2.45, 2.75) is 16.7 Å². The van der Waals surface area contributed by atoms with Crippen LogP contribution in [0.25, 0.3) is 22.2 Å². The van der Waals surface area contributed by atoms with E-state index in [-0.39, 0.29) is 5.75 Å². The van der Waals surface area contributed by atoms with Crippen LogP contribution in [0.4, 0.5) is 11.6 Å². The summed E-state index contributed by atoms with van der Waals surface area (Å²) < 4.78 is 0. The molecule has 0 aliphatic heterocycles. The van der Waals surface area contributed by atoms with Crippen LogP contribution in [0.5, 0.6) is 5.75 Å². The third-order valence-electron chi connectivity index (χ3n) is 4.83. The van der Waals surface area contributed by atoms with E-state index in [9.17, 15) is 5.11 Å². The van der Waals surface area contributed by atoms with Crippen molar-refractivity contribution in [2.24, 2.45) is 0 Å². The number of hydrogen-bond acceptors (Lipinski definition) is 6. The van der Waals surface area contributed by atoms with Gasteiger partial charge in [-0.1, -0.05) is 23.9 Å². The van der Waals surface area contributed by atoms with Gasteiger partial charge < -0.3 is 15.4 Å². The molecule has 3 aromatic heterocycles. The zero-order valence-corrected chi connectivity index (χ0v) is 17.5. The molecule has 0 amide bonds. The molecule has 0 atom stereocenters. The molecular weight excluding hydrogens is 406 g/mol. The molecule has 3 heterocycles. The normalized spacial score (nSPS) is 11.0. The second kappa shape index (κ2) is 8.12. The minimum atomic E-state index is 0.276. The molecule has 7 heteroatoms. The van der Waals surface area contributed by atoms with Crippen LogP contribution in [0.15, 0.2) is 89.0 Å². The lowest BCUT2D eigenvalue weighted by atomic mass is 10.1. The first-order chi connectivity index (χ1) is 15.1. The van der Waals surface area contributed by atoms with Crippen LogP contribution in [0.3, 0.4) is 0 Å². The van der Waals surface area contributed by atoms with Gasteiger partial charge in [-0.05, 0) is 67.1 Å². The van der Waals surface area contributed by atoms with E-state index >= 15 is 0 Å². The number of aromatic amines is 1. The van der Waals surface area contributed by atoms with Crippen LogP contribution >= 0.6 is 11.8 Å². The predicted molar refractivity (Wildman–Crippen MR) is 124 cm³/mol. The highest BCUT2D eigenvalue weighted by Crippen LogP contribution is 2.31. The smallest absolute Gasteiger partial charge is 0.164 e. The van der Waals surface area contributed by atoms with Crippen LogP contribution in [-0.4, -0.2) is 25.0 Å². The summed E-state index contributed by atoms with van der Waals surface area (Å²) in [7, 11) is 0. The molecule has 0 spiro atoms. The van der Waals surface area contributed by atoms with E-state index in [0.29, 0.717) is 11.5 Å². The number of nitrogens with one attached hydrogen (secondary N) is 2. The lowest BCUT2D eigenvalue weighted by Gasteiger charge is -2.06. The van der Waals surface area contributed by atoms with Gasteiger partial charge in [0.2, 0.25) is 0 Å². The molecule has 0 unspecified atom stereocenters. The van der Waals surface area contributed by atoms with E-state index in [0.717, 1.165) is 37.8 Å². The highest BCUT2D eigenvalue weighted by Gasteiger charge is 2.08. The van der Waals surface area contributed by atoms with Crippen LogP contribution in [0, 0.1) is 6.92 Å². The van der Waals surface area contributed by atoms with E-state index < -0.39 is 0 Å². The van der Waals surface area contributed by atoms with Crippen LogP contribution in [0.1, 0.15) is 5.69 Å². The Morgan fingerprint density at radius 3 is 2.39 bits per heavy atom. The molecule has 3 N–H and O–H groups in total. The standard InChI is InChI=1S/C24H19N5OS/c1-15-2-11-21-23(28-15)26-14-27-24(21)29-22-12-17(13-25-22)16-3-7-19(8-4-16)31-20-9-5-18(30)6-10-20/h2-14,25,30H,1H3,(H,26,27,28,29). The fraction of sp³-hybridized carbons (Fsp3) is 0.0417. The molecule has 0 saturated carbocycles. The Labute approximate surface area is 183 Å². The number of anilines is 2. The van der Waals surface area contributed by atoms with Crippen LogP contribution in [0.2, 0.25) is 0 Å². The number of phenolic OH excluding ortho intramolecular Hbond substituents is 1. The van der Waals surface area contributed by atoms with Crippen molar-refractivity contribution in [3.63, 3.8) is 0 Å². The summed E-state index contributed by atoms with van der Waals surface area (Å²) in [4.78, 5) is 18.6. The second-order valence-electron chi connectivity index (χ2n) is 7.09. The van der Waals surface area contributed by atoms with Crippen molar-refractivity contribution in [1.82, 2.24) is 19.9 Å². The Hall–Kier alpha value is -3.84. The first-order valence-electron chi connectivity index (χ1n) is 9.75. The minimum Gasteiger partial charge on any atom is -0.508 e. The highest BCUT2D eigenvalue weighted by molar-refractivity contribution is 7.99. The maximum Gasteiger partial charge on any atom is 0.164 e. The molecule has 5 aromatic rings. The molecule has 0 bridgehead atoms. The number of nitrogens with zero attached hydrogens (tertiary/aromatic N) is 3. The molecule has 6 nitrogen and oxygen atoms in total. The SMILES string of the molecule is Cc1ccc2c(Nc3cc(-c4ccc(Sc5ccc(O)cc5)cc4)c[nH]3)ncnc2n1. The van der Waals surface area contributed by atoms with Crippen LogP contribution in [-0.2, 0) is 0 Å². The van der Waals surface area contributed by atoms with Crippen molar-refractivity contribution in [3.8, 4) is 16.9 Å². The number of aromatic nitrogens is 4. The molecule has 0 radical (unpaired) electrons. The summed E-state index contributed by atoms with van der Waals surface area (Å²) in [6.07, 6.45) is 3.49. The molecule has 0 fully saturated rings. The van der Waals surface area contributed by atoms with Gasteiger partial charge in [-0.15, -0.1) is 0 Å². The molecule has 5 rings (SSSR count). The molecule has 2 aromatic carbocycles. The zero-order valence-electron chi connectivity index (χ0n) is 16.7. The van der Waals surface area contributed by atoms with Crippen molar-refractivity contribution in [3.05, 3.63) is 84.9 Å². The molecule has 0 aliphatic rings. The van der Waals surface area contributed by atoms with Gasteiger partial charge in [-0.25, -0.2) is 15.0 Å². The first-order valence-corrected chi connectivity index (χ1v) is 10.6. The van der Waals surface area contributed by atoms with Gasteiger partial charge in [-0.2, -0.15) is 0 Å². The molecule has 31 heavy (non-hydrogen) atoms. The quantitative estimate of drug-likeness (QED) is 0.324. The monoisotopic (exact) mass is 425 g/mol. The fourth-order valence-electron chi connectivity index (χ4n) is 3.26. The number of hydrogen-bond donors (Lipinski definition) is 3. The van der Waals surface area contributed by atoms with Gasteiger partial charge in [0.1, 0.15) is 23.7 Å². The van der Waals surface area contributed by atoms with Gasteiger partial charge in [0.25, 0.3) is 0 Å². The third-order valence-corrected chi connectivity index (χ3v) is 5.85. The zero-order chi connectivity index (χ0) is 21.2. The van der Waals surface area contributed by atoms with Gasteiger partial charge >= 0.3 is 0 Å². The maximum absolute atomic E-state index is 9.42. The molecule has 152 valence electrons. The number of H-pyrrole nitrogens is 1. The van der Waals surface area contributed by atoms with Gasteiger partial charge in [0, 0.05) is 27.2 Å². The largest absolute Gasteiger partial charge is 0.508 e. The Bertz CT molecular complexity index is 1350. The number of phenols is 1. The second-order valence-corrected chi connectivity index (χ2v) is 8.24. The number of aryl methyl sites for hydroxylation is 1. The summed E-state index contributed by atoms with van der Waals surface area (Å²) in [5.74, 6) is 1.84. The highest BCUT2D eigenvalue weighted by atomic mass is 32.2. The maximum atomic E-state index is 9.42. The Kier molecular flexibility index (Phi) is 5.01. The predicted octanol–water partition coefficient (Wildman–Crippen LogP) is 5.93. The first kappa shape index (κ1) is 19.1. The van der Waals surface area contributed by atoms with Gasteiger partial charge in [0.15, 0.2) is 5.65 Å². The summed E-state index contributed by atoms with van der Waals surface area (Å²) in [6, 6.07) is 21.6. The van der Waals surface area contributed by atoms with Gasteiger partial charge in [0.05, 0.1) is 5.39 Å². The van der Waals surface area contributed by atoms with E-state index in [1.54, 1.807) is 23.9 Å². The number of aromatic hydroxyl groups is 1. The Balaban J connectivity index is 1.33. The Morgan fingerprint density at radius 1 is 0.871 bits per heavy atom. The number of fused-ring (bicyclic) bond motifs is 1. The van der Waals surface area contributed by atoms with E-state index in [1.165, 1.54) is 6.33 Å². The van der Waals surface area contributed by atoms with Crippen LogP contribution < -0.4 is 5.32 Å². The van der Waals surface area contributed by atoms with Crippen molar-refractivity contribution in [1.29, 1.82) is 0 Å². The summed E-state index contributed by atoms with van der Waals surface area (Å²) in [5.41, 5.74) is 3.79. The molecule has 0 aliphatic carbocycles. The van der Waals surface area contributed by atoms with E-state index in [1.807, 2.05) is 37.4 Å². The topological polar surface area (TPSA) is 86.7 Å². The number of pyridine rings is 1. The molecule has 0 saturated heterocycles. The van der Waals surface area contributed by atoms with E-state index in [2.05, 4.69) is 55.6 Å². The summed E-state index contributed by atoms with van der Waals surface area (Å²) >= 11 is 1.66. The average Bonchev–Trinajstić information content (AvgIpc) is 3.24.